The zero-order valence-corrected chi connectivity index (χ0v) is 20.5. The molecule has 8 nitrogen and oxygen atoms in total. The molecule has 1 saturated carbocycles. The van der Waals surface area contributed by atoms with Crippen LogP contribution in [0.3, 0.4) is 0 Å². The van der Waals surface area contributed by atoms with Crippen LogP contribution < -0.4 is 21.7 Å². The van der Waals surface area contributed by atoms with Crippen LogP contribution in [0.25, 0.3) is 11.1 Å². The Morgan fingerprint density at radius 3 is 2.44 bits per heavy atom. The number of aromatic nitrogens is 4. The number of rotatable bonds is 6. The highest BCUT2D eigenvalue weighted by molar-refractivity contribution is 6.35. The number of nitrogens with one attached hydrogen (secondary N) is 3. The van der Waals surface area contributed by atoms with Crippen LogP contribution in [-0.2, 0) is 0 Å². The first kappa shape index (κ1) is 23.4. The van der Waals surface area contributed by atoms with Crippen molar-refractivity contribution in [2.45, 2.75) is 56.7 Å². The summed E-state index contributed by atoms with van der Waals surface area (Å²) in [7, 11) is 0. The molecule has 1 aliphatic carbocycles. The molecule has 0 radical (unpaired) electrons. The van der Waals surface area contributed by atoms with E-state index in [2.05, 4.69) is 36.9 Å². The molecule has 5 N–H and O–H groups in total. The summed E-state index contributed by atoms with van der Waals surface area (Å²) in [5.41, 5.74) is 8.79. The standard InChI is InChI=1S/C24H30Cl2N8/c25-16-9-17(26)11-20(10-16)32-24-29-13-22(23(33-24)31-19-3-1-18(27)2-4-19)15-12-30-34(14-15)21-5-7-28-8-6-21/h9-14,18-19,21,28H,1-8,27H2,(H2,29,31,32,33)/t18-,19+. The number of piperidine rings is 1. The van der Waals surface area contributed by atoms with Gasteiger partial charge in [0.15, 0.2) is 0 Å². The van der Waals surface area contributed by atoms with Crippen LogP contribution in [0, 0.1) is 0 Å². The van der Waals surface area contributed by atoms with E-state index in [0.29, 0.717) is 28.1 Å². The van der Waals surface area contributed by atoms with E-state index in [1.165, 1.54) is 0 Å². The molecule has 3 heterocycles. The smallest absolute Gasteiger partial charge is 0.229 e. The van der Waals surface area contributed by atoms with Crippen molar-refractivity contribution in [2.24, 2.45) is 5.73 Å². The lowest BCUT2D eigenvalue weighted by atomic mass is 9.91. The number of anilines is 3. The Morgan fingerprint density at radius 2 is 1.71 bits per heavy atom. The Kier molecular flexibility index (Phi) is 7.20. The summed E-state index contributed by atoms with van der Waals surface area (Å²) in [6.45, 7) is 2.04. The van der Waals surface area contributed by atoms with E-state index in [9.17, 15) is 0 Å². The van der Waals surface area contributed by atoms with Gasteiger partial charge in [-0.15, -0.1) is 0 Å². The van der Waals surface area contributed by atoms with Gasteiger partial charge in [0.25, 0.3) is 0 Å². The minimum atomic E-state index is 0.288. The lowest BCUT2D eigenvalue weighted by Gasteiger charge is -2.28. The van der Waals surface area contributed by atoms with Crippen molar-refractivity contribution in [3.63, 3.8) is 0 Å². The molecule has 0 amide bonds. The maximum atomic E-state index is 6.16. The second kappa shape index (κ2) is 10.5. The van der Waals surface area contributed by atoms with Crippen LogP contribution >= 0.6 is 23.2 Å². The molecule has 2 aromatic heterocycles. The normalized spacial score (nSPS) is 21.4. The summed E-state index contributed by atoms with van der Waals surface area (Å²) in [6, 6.07) is 6.31. The molecule has 2 fully saturated rings. The molecule has 1 aliphatic heterocycles. The lowest BCUT2D eigenvalue weighted by Crippen LogP contribution is -2.33. The predicted molar refractivity (Wildman–Crippen MR) is 138 cm³/mol. The van der Waals surface area contributed by atoms with Crippen molar-refractivity contribution in [1.82, 2.24) is 25.1 Å². The summed E-state index contributed by atoms with van der Waals surface area (Å²) in [5.74, 6) is 1.26. The Bertz CT molecular complexity index is 1100. The average Bonchev–Trinajstić information content (AvgIpc) is 3.31. The average molecular weight is 501 g/mol. The molecular formula is C24H30Cl2N8. The summed E-state index contributed by atoms with van der Waals surface area (Å²) >= 11 is 12.3. The van der Waals surface area contributed by atoms with Crippen LogP contribution in [0.5, 0.6) is 0 Å². The molecule has 3 aromatic rings. The van der Waals surface area contributed by atoms with Gasteiger partial charge >= 0.3 is 0 Å². The Hall–Kier alpha value is -2.39. The van der Waals surface area contributed by atoms with Crippen molar-refractivity contribution < 1.29 is 0 Å². The summed E-state index contributed by atoms with van der Waals surface area (Å²) < 4.78 is 2.08. The van der Waals surface area contributed by atoms with Gasteiger partial charge in [-0.25, -0.2) is 4.98 Å². The van der Waals surface area contributed by atoms with E-state index in [4.69, 9.17) is 33.9 Å². The van der Waals surface area contributed by atoms with Crippen molar-refractivity contribution in [1.29, 1.82) is 0 Å². The fraction of sp³-hybridized carbons (Fsp3) is 0.458. The summed E-state index contributed by atoms with van der Waals surface area (Å²) in [5, 5.41) is 16.1. The minimum Gasteiger partial charge on any atom is -0.367 e. The topological polar surface area (TPSA) is 106 Å². The second-order valence-corrected chi connectivity index (χ2v) is 10.1. The number of hydrogen-bond donors (Lipinski definition) is 4. The van der Waals surface area contributed by atoms with Gasteiger partial charge in [-0.2, -0.15) is 10.1 Å². The SMILES string of the molecule is N[C@H]1CC[C@@H](Nc2nc(Nc3cc(Cl)cc(Cl)c3)ncc2-c2cnn(C3CCNCC3)c2)CC1. The Morgan fingerprint density at radius 1 is 0.971 bits per heavy atom. The maximum Gasteiger partial charge on any atom is 0.229 e. The van der Waals surface area contributed by atoms with Gasteiger partial charge in [-0.3, -0.25) is 4.68 Å². The van der Waals surface area contributed by atoms with Crippen LogP contribution in [0.1, 0.15) is 44.6 Å². The van der Waals surface area contributed by atoms with Crippen molar-refractivity contribution >= 4 is 40.7 Å². The van der Waals surface area contributed by atoms with Crippen LogP contribution in [-0.4, -0.2) is 44.9 Å². The quantitative estimate of drug-likeness (QED) is 0.377. The molecular weight excluding hydrogens is 471 g/mol. The van der Waals surface area contributed by atoms with E-state index in [-0.39, 0.29) is 6.04 Å². The molecule has 0 bridgehead atoms. The van der Waals surface area contributed by atoms with Crippen molar-refractivity contribution in [3.8, 4) is 11.1 Å². The highest BCUT2D eigenvalue weighted by Crippen LogP contribution is 2.32. The Balaban J connectivity index is 1.43. The van der Waals surface area contributed by atoms with Gasteiger partial charge in [-0.1, -0.05) is 23.2 Å². The number of nitrogens with zero attached hydrogens (tertiary/aromatic N) is 4. The number of nitrogens with two attached hydrogens (primary N) is 1. The van der Waals surface area contributed by atoms with Crippen LogP contribution in [0.15, 0.2) is 36.8 Å². The minimum absolute atomic E-state index is 0.288. The zero-order valence-electron chi connectivity index (χ0n) is 19.0. The maximum absolute atomic E-state index is 6.16. The molecule has 1 saturated heterocycles. The molecule has 34 heavy (non-hydrogen) atoms. The first-order valence-electron chi connectivity index (χ1n) is 11.9. The largest absolute Gasteiger partial charge is 0.367 e. The summed E-state index contributed by atoms with van der Waals surface area (Å²) in [4.78, 5) is 9.42. The second-order valence-electron chi connectivity index (χ2n) is 9.19. The van der Waals surface area contributed by atoms with E-state index >= 15 is 0 Å². The van der Waals surface area contributed by atoms with E-state index in [0.717, 1.165) is 74.2 Å². The fourth-order valence-electron chi connectivity index (χ4n) is 4.72. The number of hydrogen-bond acceptors (Lipinski definition) is 7. The van der Waals surface area contributed by atoms with Crippen molar-refractivity contribution in [3.05, 3.63) is 46.8 Å². The van der Waals surface area contributed by atoms with Crippen LogP contribution in [0.2, 0.25) is 10.0 Å². The third kappa shape index (κ3) is 5.63. The molecule has 5 rings (SSSR count). The van der Waals surface area contributed by atoms with Crippen LogP contribution in [0.4, 0.5) is 17.5 Å². The predicted octanol–water partition coefficient (Wildman–Crippen LogP) is 5.00. The van der Waals surface area contributed by atoms with Gasteiger partial charge in [0.1, 0.15) is 5.82 Å². The lowest BCUT2D eigenvalue weighted by molar-refractivity contribution is 0.343. The third-order valence-corrected chi connectivity index (χ3v) is 7.05. The molecule has 0 atom stereocenters. The van der Waals surface area contributed by atoms with E-state index < -0.39 is 0 Å². The number of benzene rings is 1. The molecule has 1 aromatic carbocycles. The van der Waals surface area contributed by atoms with Gasteiger partial charge in [-0.05, 0) is 69.8 Å². The highest BCUT2D eigenvalue weighted by Gasteiger charge is 2.22. The first-order chi connectivity index (χ1) is 16.5. The van der Waals surface area contributed by atoms with Gasteiger partial charge in [0.2, 0.25) is 5.95 Å². The summed E-state index contributed by atoms with van der Waals surface area (Å²) in [6.07, 6.45) is 12.1. The van der Waals surface area contributed by atoms with Crippen molar-refractivity contribution in [2.75, 3.05) is 23.7 Å². The van der Waals surface area contributed by atoms with Gasteiger partial charge < -0.3 is 21.7 Å². The molecule has 180 valence electrons. The monoisotopic (exact) mass is 500 g/mol. The molecule has 0 unspecified atom stereocenters. The van der Waals surface area contributed by atoms with Gasteiger partial charge in [0.05, 0.1) is 12.2 Å². The van der Waals surface area contributed by atoms with E-state index in [1.807, 2.05) is 12.4 Å². The first-order valence-corrected chi connectivity index (χ1v) is 12.7. The van der Waals surface area contributed by atoms with Gasteiger partial charge in [0, 0.05) is 51.3 Å². The Labute approximate surface area is 209 Å². The molecule has 0 spiro atoms. The zero-order chi connectivity index (χ0) is 23.5. The third-order valence-electron chi connectivity index (χ3n) is 6.62. The van der Waals surface area contributed by atoms with E-state index in [1.54, 1.807) is 18.2 Å². The molecule has 10 heteroatoms. The molecule has 2 aliphatic rings. The fourth-order valence-corrected chi connectivity index (χ4v) is 5.25. The number of halogens is 2. The highest BCUT2D eigenvalue weighted by atomic mass is 35.5.